The normalized spacial score (nSPS) is 48.8. The first kappa shape index (κ1) is 58.2. The van der Waals surface area contributed by atoms with Crippen molar-refractivity contribution in [3.8, 4) is 0 Å². The van der Waals surface area contributed by atoms with Crippen LogP contribution in [0.15, 0.2) is 42.7 Å². The van der Waals surface area contributed by atoms with E-state index in [2.05, 4.69) is 58.5 Å². The van der Waals surface area contributed by atoms with Gasteiger partial charge in [0, 0.05) is 48.7 Å². The van der Waals surface area contributed by atoms with E-state index in [-0.39, 0.29) is 55.1 Å². The number of H-pyrrole nitrogens is 2. The Morgan fingerprint density at radius 2 is 1.64 bits per heavy atom. The number of aliphatic hydroxyl groups excluding tert-OH is 8. The van der Waals surface area contributed by atoms with Crippen molar-refractivity contribution < 1.29 is 65.0 Å². The van der Waals surface area contributed by atoms with Crippen LogP contribution in [-0.4, -0.2) is 159 Å². The van der Waals surface area contributed by atoms with Gasteiger partial charge in [-0.1, -0.05) is 83.6 Å². The van der Waals surface area contributed by atoms with Crippen molar-refractivity contribution in [2.45, 2.75) is 197 Å². The lowest BCUT2D eigenvalue weighted by atomic mass is 9.26. The van der Waals surface area contributed by atoms with E-state index < -0.39 is 135 Å². The number of aromatic nitrogens is 4. The highest BCUT2D eigenvalue weighted by molar-refractivity contribution is 5.87. The fourth-order valence-corrected chi connectivity index (χ4v) is 22.9. The Labute approximate surface area is 486 Å². The summed E-state index contributed by atoms with van der Waals surface area (Å²) in [5.74, 6) is -3.69. The zero-order valence-corrected chi connectivity index (χ0v) is 48.8. The third-order valence-corrected chi connectivity index (χ3v) is 26.7. The number of nitrogens with two attached hydrogens (primary N) is 1. The second-order valence-corrected chi connectivity index (χ2v) is 29.6. The van der Waals surface area contributed by atoms with Crippen molar-refractivity contribution in [1.82, 2.24) is 25.3 Å². The fourth-order valence-electron chi connectivity index (χ4n) is 22.9. The molecule has 1 amide bonds. The molecule has 15 N–H and O–H groups in total. The lowest BCUT2D eigenvalue weighted by Gasteiger charge is -2.78. The van der Waals surface area contributed by atoms with Crippen LogP contribution in [0.4, 0.5) is 5.82 Å². The average molecular weight is 1160 g/mol. The molecule has 3 aliphatic heterocycles. The summed E-state index contributed by atoms with van der Waals surface area (Å²) in [6.45, 7) is 8.59. The first-order valence-electron chi connectivity index (χ1n) is 31.6. The molecule has 6 saturated carbocycles. The van der Waals surface area contributed by atoms with E-state index in [4.69, 9.17) is 20.2 Å². The van der Waals surface area contributed by atoms with Crippen LogP contribution in [0.1, 0.15) is 142 Å². The van der Waals surface area contributed by atoms with Crippen molar-refractivity contribution in [3.63, 3.8) is 0 Å². The van der Waals surface area contributed by atoms with Crippen LogP contribution >= 0.6 is 0 Å². The maximum atomic E-state index is 15.6. The summed E-state index contributed by atoms with van der Waals surface area (Å²) in [7, 11) is 0. The molecular weight excluding hydrogens is 1060 g/mol. The van der Waals surface area contributed by atoms with E-state index in [0.29, 0.717) is 70.0 Å². The van der Waals surface area contributed by atoms with Crippen LogP contribution in [0.3, 0.4) is 0 Å². The van der Waals surface area contributed by atoms with E-state index in [1.54, 1.807) is 18.9 Å². The van der Waals surface area contributed by atoms with Gasteiger partial charge in [-0.3, -0.25) is 9.59 Å². The van der Waals surface area contributed by atoms with Gasteiger partial charge in [-0.15, -0.1) is 0 Å². The van der Waals surface area contributed by atoms with Crippen molar-refractivity contribution >= 4 is 17.7 Å². The van der Waals surface area contributed by atoms with Gasteiger partial charge in [-0.05, 0) is 134 Å². The molecular formula is C63H93N7O13. The third-order valence-electron chi connectivity index (χ3n) is 26.7. The van der Waals surface area contributed by atoms with Crippen LogP contribution < -0.4 is 16.4 Å². The minimum atomic E-state index is -1.70. The summed E-state index contributed by atoms with van der Waals surface area (Å²) in [6, 6.07) is -0.792. The van der Waals surface area contributed by atoms with Gasteiger partial charge in [-0.25, -0.2) is 9.97 Å². The van der Waals surface area contributed by atoms with Gasteiger partial charge in [0.25, 0.3) is 0 Å². The summed E-state index contributed by atoms with van der Waals surface area (Å²) < 4.78 is 13.1. The maximum Gasteiger partial charge on any atom is 0.310 e. The van der Waals surface area contributed by atoms with Gasteiger partial charge >= 0.3 is 5.97 Å². The monoisotopic (exact) mass is 1160 g/mol. The Morgan fingerprint density at radius 3 is 2.33 bits per heavy atom. The predicted molar refractivity (Wildman–Crippen MR) is 302 cm³/mol. The number of hydrogen-bond acceptors (Lipinski definition) is 16. The molecule has 2 aromatic heterocycles. The first-order chi connectivity index (χ1) is 39.6. The number of fused-ring (bicyclic) bond motifs is 13. The lowest BCUT2D eigenvalue weighted by Crippen LogP contribution is -2.77. The molecule has 20 nitrogen and oxygen atoms in total. The van der Waals surface area contributed by atoms with Gasteiger partial charge in [0.15, 0.2) is 6.29 Å². The van der Waals surface area contributed by atoms with Gasteiger partial charge < -0.3 is 81.8 Å². The summed E-state index contributed by atoms with van der Waals surface area (Å²) in [5, 5.41) is 115. The molecule has 1 spiro atoms. The summed E-state index contributed by atoms with van der Waals surface area (Å²) in [6.07, 6.45) is 10.8. The number of carboxylic acids is 1. The molecule has 8 fully saturated rings. The molecule has 0 bridgehead atoms. The molecule has 0 radical (unpaired) electrons. The van der Waals surface area contributed by atoms with E-state index >= 15 is 4.79 Å². The Bertz CT molecular complexity index is 2840. The molecule has 2 aromatic rings. The highest BCUT2D eigenvalue weighted by Gasteiger charge is 2.80. The van der Waals surface area contributed by atoms with E-state index in [0.717, 1.165) is 62.0 Å². The van der Waals surface area contributed by atoms with E-state index in [1.807, 2.05) is 13.0 Å². The molecule has 24 atom stereocenters. The number of aliphatic hydroxyl groups is 8. The zero-order valence-electron chi connectivity index (χ0n) is 48.8. The number of nitrogens with zero attached hydrogens (tertiary/aromatic N) is 2. The largest absolute Gasteiger partial charge is 0.481 e. The number of carbonyl (C=O) groups excluding carboxylic acids is 1. The van der Waals surface area contributed by atoms with Crippen molar-refractivity contribution in [2.24, 2.45) is 96.9 Å². The zero-order chi connectivity index (χ0) is 58.6. The molecule has 2 saturated heterocycles. The molecule has 0 unspecified atom stereocenters. The molecule has 13 rings (SSSR count). The number of amides is 1. The van der Waals surface area contributed by atoms with Crippen molar-refractivity contribution in [3.05, 3.63) is 54.0 Å². The Kier molecular flexibility index (Phi) is 14.3. The number of aromatic amines is 2. The standard InChI is InChI=1S/C63H93N7O13/c1-56(28-71)20-21-61(55(80)81)36(24-56)34-12-13-41-58(3,59(34,4)35-22-38-52(69-31-67-38)66-25-37(35)61)18-15-40-57(2,29-72)51(83-53-49(78)47(76)39(73)27-82-53)48(77)45(63(40,41)32-10-6-5-7-11-32)33-14-19-62(42-26-65-30-68-42,43(74)23-44(64)75)50-46(33)60(54(79)70-50)16-8-9-17-60/h12,14,19,26,30-33,35-37,39-41,43-51,53,66,71-78H,5-11,13,15-18,20-25,27-29,64H2,1-4H3,(H,65,68)(H,67,69)(H,70,79)(H,80,81)/t33-,35+,36+,37+,39-,40-,41+,43-,44+,45-,46+,47+,48-,49-,50+,51-,53+,56+,57+,58-,59+,61-,62-,63+/m1/s1. The minimum Gasteiger partial charge on any atom is -0.481 e. The molecule has 83 heavy (non-hydrogen) atoms. The van der Waals surface area contributed by atoms with Gasteiger partial charge in [0.2, 0.25) is 5.91 Å². The quantitative estimate of drug-likeness (QED) is 0.0864. The Balaban J connectivity index is 1.08. The summed E-state index contributed by atoms with van der Waals surface area (Å²) in [4.78, 5) is 46.2. The van der Waals surface area contributed by atoms with Crippen LogP contribution in [0, 0.1) is 91.2 Å². The van der Waals surface area contributed by atoms with Crippen LogP contribution in [0.2, 0.25) is 0 Å². The fraction of sp³-hybridized carbons (Fsp3) is 0.810. The SMILES string of the molecule is C[C@]1(CO)CC[C@@]2(C(=O)O)[C@@H](C1)C1=CC[C@@H]3[C@@]4(C5CCCCC5)[C@H]([C@H]5C=C[C@@](c6cnc[nH]6)([C@H](O)C[C@@H](N)O)[C@H]6NC(=O)C7(CCCC7)[C@@H]56)[C@@H](O)[C@@H](O[C@@H]5OC[C@@H](O)[C@H](O)[C@H]5O)[C@@](C)(CO)[C@H]4CC[C@@]3(C)[C@]1(C)[C@H]1Cc3[nH]cnc3NC[C@@H]12. The molecule has 20 heteroatoms. The van der Waals surface area contributed by atoms with E-state index in [1.165, 1.54) is 0 Å². The number of carboxylic acid groups (broad SMARTS) is 1. The number of anilines is 1. The minimum absolute atomic E-state index is 0.0297. The van der Waals surface area contributed by atoms with E-state index in [9.17, 15) is 50.8 Å². The highest BCUT2D eigenvalue weighted by Crippen LogP contribution is 2.82. The summed E-state index contributed by atoms with van der Waals surface area (Å²) in [5.41, 5.74) is 1.41. The molecule has 11 aliphatic rings. The molecule has 5 heterocycles. The van der Waals surface area contributed by atoms with Gasteiger partial charge in [-0.2, -0.15) is 0 Å². The topological polar surface area (TPSA) is 342 Å². The number of rotatable bonds is 11. The molecule has 458 valence electrons. The average Bonchev–Trinajstić information content (AvgIpc) is 1.38. The van der Waals surface area contributed by atoms with Crippen LogP contribution in [0.25, 0.3) is 0 Å². The van der Waals surface area contributed by atoms with Crippen LogP contribution in [0.5, 0.6) is 0 Å². The van der Waals surface area contributed by atoms with Crippen molar-refractivity contribution in [1.29, 1.82) is 0 Å². The van der Waals surface area contributed by atoms with Crippen LogP contribution in [-0.2, 0) is 30.9 Å². The Hall–Kier alpha value is -3.80. The first-order valence-corrected chi connectivity index (χ1v) is 31.6. The third kappa shape index (κ3) is 7.74. The second-order valence-electron chi connectivity index (χ2n) is 29.6. The predicted octanol–water partition coefficient (Wildman–Crippen LogP) is 3.79. The number of ether oxygens (including phenoxy) is 2. The van der Waals surface area contributed by atoms with Crippen molar-refractivity contribution in [2.75, 3.05) is 31.7 Å². The van der Waals surface area contributed by atoms with Gasteiger partial charge in [0.1, 0.15) is 30.4 Å². The highest BCUT2D eigenvalue weighted by atomic mass is 16.7. The number of carbonyl (C=O) groups is 2. The number of nitrogens with one attached hydrogen (secondary N) is 4. The smallest absolute Gasteiger partial charge is 0.310 e. The number of aliphatic carboxylic acids is 1. The second kappa shape index (κ2) is 20.4. The number of imidazole rings is 2. The molecule has 0 aromatic carbocycles. The Morgan fingerprint density at radius 1 is 0.880 bits per heavy atom. The lowest BCUT2D eigenvalue weighted by molar-refractivity contribution is -0.355. The number of allylic oxidation sites excluding steroid dienone is 3. The van der Waals surface area contributed by atoms with Gasteiger partial charge in [0.05, 0.1) is 72.2 Å². The summed E-state index contributed by atoms with van der Waals surface area (Å²) >= 11 is 0. The maximum absolute atomic E-state index is 15.6. The molecule has 8 aliphatic carbocycles. The number of hydrogen-bond donors (Lipinski definition) is 14.